The maximum atomic E-state index is 11.9. The second-order valence-corrected chi connectivity index (χ2v) is 6.16. The first-order valence-corrected chi connectivity index (χ1v) is 7.73. The molecule has 0 radical (unpaired) electrons. The number of nitrogens with one attached hydrogen (secondary N) is 1. The molecular formula is C15H14ClNO2S. The fraction of sp³-hybridized carbons (Fsp3) is 0.267. The lowest BCUT2D eigenvalue weighted by molar-refractivity contribution is 0.0955. The molecule has 3 rings (SSSR count). The summed E-state index contributed by atoms with van der Waals surface area (Å²) in [5.74, 6) is 0.792. The van der Waals surface area contributed by atoms with Crippen LogP contribution in [0.2, 0.25) is 5.02 Å². The lowest BCUT2D eigenvalue weighted by atomic mass is 10.3. The molecule has 104 valence electrons. The van der Waals surface area contributed by atoms with Crippen molar-refractivity contribution in [3.63, 3.8) is 0 Å². The number of hydrogen-bond acceptors (Lipinski definition) is 3. The van der Waals surface area contributed by atoms with Crippen LogP contribution in [0.3, 0.4) is 0 Å². The minimum absolute atomic E-state index is 0.0234. The highest BCUT2D eigenvalue weighted by molar-refractivity contribution is 7.12. The summed E-state index contributed by atoms with van der Waals surface area (Å²) in [6.07, 6.45) is 2.20. The van der Waals surface area contributed by atoms with Crippen LogP contribution in [-0.4, -0.2) is 11.9 Å². The van der Waals surface area contributed by atoms with E-state index in [-0.39, 0.29) is 5.91 Å². The zero-order valence-corrected chi connectivity index (χ0v) is 12.3. The Morgan fingerprint density at radius 1 is 1.35 bits per heavy atom. The molecule has 0 atom stereocenters. The van der Waals surface area contributed by atoms with Crippen LogP contribution in [0, 0.1) is 0 Å². The Bertz CT molecular complexity index is 605. The summed E-state index contributed by atoms with van der Waals surface area (Å²) < 4.78 is 5.65. The third-order valence-electron chi connectivity index (χ3n) is 3.01. The van der Waals surface area contributed by atoms with Crippen molar-refractivity contribution in [1.29, 1.82) is 0 Å². The molecule has 0 aliphatic heterocycles. The Labute approximate surface area is 126 Å². The van der Waals surface area contributed by atoms with E-state index in [9.17, 15) is 4.79 Å². The van der Waals surface area contributed by atoms with Crippen LogP contribution in [0.4, 0.5) is 0 Å². The lowest BCUT2D eigenvalue weighted by Crippen LogP contribution is -2.24. The lowest BCUT2D eigenvalue weighted by Gasteiger charge is -2.04. The molecule has 1 heterocycles. The molecule has 0 saturated heterocycles. The maximum Gasteiger partial charge on any atom is 0.261 e. The van der Waals surface area contributed by atoms with Gasteiger partial charge in [-0.2, -0.15) is 0 Å². The third kappa shape index (κ3) is 3.52. The van der Waals surface area contributed by atoms with E-state index in [0.29, 0.717) is 17.7 Å². The molecule has 1 fully saturated rings. The van der Waals surface area contributed by atoms with Gasteiger partial charge in [0, 0.05) is 16.6 Å². The van der Waals surface area contributed by atoms with Gasteiger partial charge in [-0.1, -0.05) is 11.6 Å². The van der Waals surface area contributed by atoms with Gasteiger partial charge in [0.15, 0.2) is 0 Å². The number of carbonyl (C=O) groups is 1. The van der Waals surface area contributed by atoms with Crippen molar-refractivity contribution in [2.45, 2.75) is 25.5 Å². The molecule has 1 aliphatic rings. The topological polar surface area (TPSA) is 38.3 Å². The average Bonchev–Trinajstić information content (AvgIpc) is 3.13. The Morgan fingerprint density at radius 3 is 2.80 bits per heavy atom. The van der Waals surface area contributed by atoms with Crippen LogP contribution in [-0.2, 0) is 6.61 Å². The summed E-state index contributed by atoms with van der Waals surface area (Å²) in [6, 6.07) is 9.51. The molecule has 1 aromatic heterocycles. The van der Waals surface area contributed by atoms with Gasteiger partial charge in [0.2, 0.25) is 0 Å². The van der Waals surface area contributed by atoms with Gasteiger partial charge < -0.3 is 10.1 Å². The number of rotatable bonds is 5. The van der Waals surface area contributed by atoms with Crippen molar-refractivity contribution in [3.05, 3.63) is 51.2 Å². The second kappa shape index (κ2) is 5.85. The summed E-state index contributed by atoms with van der Waals surface area (Å²) in [5.41, 5.74) is 1.01. The SMILES string of the molecule is O=C(NC1CC1)c1cc(COc2ccc(Cl)cc2)cs1. The smallest absolute Gasteiger partial charge is 0.261 e. The highest BCUT2D eigenvalue weighted by Crippen LogP contribution is 2.22. The van der Waals surface area contributed by atoms with Gasteiger partial charge in [-0.05, 0) is 48.6 Å². The summed E-state index contributed by atoms with van der Waals surface area (Å²) in [6.45, 7) is 0.453. The maximum absolute atomic E-state index is 11.9. The molecule has 0 unspecified atom stereocenters. The van der Waals surface area contributed by atoms with Crippen molar-refractivity contribution < 1.29 is 9.53 Å². The van der Waals surface area contributed by atoms with E-state index < -0.39 is 0 Å². The monoisotopic (exact) mass is 307 g/mol. The van der Waals surface area contributed by atoms with Crippen LogP contribution in [0.25, 0.3) is 0 Å². The molecule has 1 saturated carbocycles. The molecule has 0 bridgehead atoms. The molecule has 1 aliphatic carbocycles. The molecule has 3 nitrogen and oxygen atoms in total. The van der Waals surface area contributed by atoms with Gasteiger partial charge >= 0.3 is 0 Å². The fourth-order valence-corrected chi connectivity index (χ4v) is 2.68. The summed E-state index contributed by atoms with van der Waals surface area (Å²) in [4.78, 5) is 12.6. The number of amides is 1. The van der Waals surface area contributed by atoms with E-state index in [1.807, 2.05) is 23.6 Å². The summed E-state index contributed by atoms with van der Waals surface area (Å²) >= 11 is 7.27. The van der Waals surface area contributed by atoms with Gasteiger partial charge in [-0.3, -0.25) is 4.79 Å². The van der Waals surface area contributed by atoms with Gasteiger partial charge in [-0.25, -0.2) is 0 Å². The average molecular weight is 308 g/mol. The number of halogens is 1. The molecule has 1 N–H and O–H groups in total. The van der Waals surface area contributed by atoms with Gasteiger partial charge in [0.1, 0.15) is 12.4 Å². The van der Waals surface area contributed by atoms with Crippen LogP contribution >= 0.6 is 22.9 Å². The van der Waals surface area contributed by atoms with Gasteiger partial charge in [0.25, 0.3) is 5.91 Å². The third-order valence-corrected chi connectivity index (χ3v) is 4.24. The number of ether oxygens (including phenoxy) is 1. The van der Waals surface area contributed by atoms with Crippen molar-refractivity contribution >= 4 is 28.8 Å². The van der Waals surface area contributed by atoms with E-state index in [0.717, 1.165) is 29.0 Å². The Morgan fingerprint density at radius 2 is 2.10 bits per heavy atom. The highest BCUT2D eigenvalue weighted by atomic mass is 35.5. The Kier molecular flexibility index (Phi) is 3.94. The Balaban J connectivity index is 1.56. The predicted octanol–water partition coefficient (Wildman–Crippen LogP) is 3.87. The highest BCUT2D eigenvalue weighted by Gasteiger charge is 2.24. The molecule has 5 heteroatoms. The van der Waals surface area contributed by atoms with E-state index >= 15 is 0 Å². The van der Waals surface area contributed by atoms with E-state index in [4.69, 9.17) is 16.3 Å². The predicted molar refractivity (Wildman–Crippen MR) is 80.6 cm³/mol. The molecule has 0 spiro atoms. The fourth-order valence-electron chi connectivity index (χ4n) is 1.75. The Hall–Kier alpha value is -1.52. The van der Waals surface area contributed by atoms with Crippen molar-refractivity contribution in [2.75, 3.05) is 0 Å². The first-order valence-electron chi connectivity index (χ1n) is 6.47. The molecule has 20 heavy (non-hydrogen) atoms. The van der Waals surface area contributed by atoms with Crippen LogP contribution in [0.1, 0.15) is 28.1 Å². The van der Waals surface area contributed by atoms with E-state index in [1.165, 1.54) is 11.3 Å². The molecule has 2 aromatic rings. The first-order chi connectivity index (χ1) is 9.70. The van der Waals surface area contributed by atoms with E-state index in [1.54, 1.807) is 12.1 Å². The number of hydrogen-bond donors (Lipinski definition) is 1. The summed E-state index contributed by atoms with van der Waals surface area (Å²) in [5, 5.41) is 5.62. The molecule has 1 aromatic carbocycles. The number of thiophene rings is 1. The normalized spacial score (nSPS) is 14.1. The van der Waals surface area contributed by atoms with Gasteiger partial charge in [-0.15, -0.1) is 11.3 Å². The minimum atomic E-state index is 0.0234. The first kappa shape index (κ1) is 13.5. The standard InChI is InChI=1S/C15H14ClNO2S/c16-11-1-5-13(6-2-11)19-8-10-7-14(20-9-10)15(18)17-12-3-4-12/h1-2,5-7,9,12H,3-4,8H2,(H,17,18). The largest absolute Gasteiger partial charge is 0.489 e. The zero-order chi connectivity index (χ0) is 13.9. The molecule has 1 amide bonds. The number of carbonyl (C=O) groups excluding carboxylic acids is 1. The van der Waals surface area contributed by atoms with Crippen molar-refractivity contribution in [3.8, 4) is 5.75 Å². The van der Waals surface area contributed by atoms with Crippen molar-refractivity contribution in [2.24, 2.45) is 0 Å². The van der Waals surface area contributed by atoms with E-state index in [2.05, 4.69) is 5.32 Å². The zero-order valence-electron chi connectivity index (χ0n) is 10.8. The van der Waals surface area contributed by atoms with Crippen molar-refractivity contribution in [1.82, 2.24) is 5.32 Å². The number of benzene rings is 1. The minimum Gasteiger partial charge on any atom is -0.489 e. The molecular weight excluding hydrogens is 294 g/mol. The van der Waals surface area contributed by atoms with Crippen LogP contribution in [0.15, 0.2) is 35.7 Å². The van der Waals surface area contributed by atoms with Gasteiger partial charge in [0.05, 0.1) is 4.88 Å². The quantitative estimate of drug-likeness (QED) is 0.910. The van der Waals surface area contributed by atoms with Crippen LogP contribution in [0.5, 0.6) is 5.75 Å². The summed E-state index contributed by atoms with van der Waals surface area (Å²) in [7, 11) is 0. The van der Waals surface area contributed by atoms with Crippen LogP contribution < -0.4 is 10.1 Å². The second-order valence-electron chi connectivity index (χ2n) is 4.81.